The van der Waals surface area contributed by atoms with Gasteiger partial charge < -0.3 is 9.88 Å². The van der Waals surface area contributed by atoms with Crippen LogP contribution >= 0.6 is 0 Å². The zero-order chi connectivity index (χ0) is 14.8. The van der Waals surface area contributed by atoms with Gasteiger partial charge in [0.15, 0.2) is 0 Å². The predicted molar refractivity (Wildman–Crippen MR) is 90.0 cm³/mol. The molecular weight excluding hydrogens is 270 g/mol. The molecule has 0 bridgehead atoms. The van der Waals surface area contributed by atoms with Crippen LogP contribution in [-0.2, 0) is 13.0 Å². The Morgan fingerprint density at radius 2 is 2.05 bits per heavy atom. The molecule has 3 nitrogen and oxygen atoms in total. The molecule has 3 aromatic rings. The number of benzene rings is 1. The molecule has 1 unspecified atom stereocenters. The molecule has 0 spiro atoms. The molecule has 3 heterocycles. The van der Waals surface area contributed by atoms with Crippen molar-refractivity contribution in [2.45, 2.75) is 31.8 Å². The number of nitrogens with one attached hydrogen (secondary N) is 1. The number of nitrogens with zero attached hydrogens (tertiary/aromatic N) is 2. The lowest BCUT2D eigenvalue weighted by molar-refractivity contribution is 0.516. The first-order valence-electron chi connectivity index (χ1n) is 8.10. The number of hydrogen-bond acceptors (Lipinski definition) is 2. The molecule has 1 aliphatic rings. The molecule has 2 aromatic heterocycles. The van der Waals surface area contributed by atoms with Crippen LogP contribution in [0, 0.1) is 0 Å². The fraction of sp³-hybridized carbons (Fsp3) is 0.316. The number of aromatic nitrogens is 2. The van der Waals surface area contributed by atoms with Gasteiger partial charge in [-0.05, 0) is 49.1 Å². The van der Waals surface area contributed by atoms with Gasteiger partial charge in [-0.2, -0.15) is 0 Å². The van der Waals surface area contributed by atoms with Crippen LogP contribution in [0.25, 0.3) is 11.0 Å². The maximum atomic E-state index is 4.62. The summed E-state index contributed by atoms with van der Waals surface area (Å²) >= 11 is 0. The second-order valence-electron chi connectivity index (χ2n) is 6.14. The van der Waals surface area contributed by atoms with E-state index in [0.717, 1.165) is 25.2 Å². The first-order chi connectivity index (χ1) is 10.9. The third kappa shape index (κ3) is 2.64. The van der Waals surface area contributed by atoms with E-state index in [1.54, 1.807) is 0 Å². The Morgan fingerprint density at radius 1 is 1.14 bits per heavy atom. The van der Waals surface area contributed by atoms with E-state index in [0.29, 0.717) is 6.04 Å². The summed E-state index contributed by atoms with van der Waals surface area (Å²) in [6.45, 7) is 2.16. The topological polar surface area (TPSA) is 29.9 Å². The lowest BCUT2D eigenvalue weighted by Gasteiger charge is -2.11. The molecule has 1 aromatic carbocycles. The Kier molecular flexibility index (Phi) is 3.65. The van der Waals surface area contributed by atoms with Gasteiger partial charge in [-0.3, -0.25) is 0 Å². The smallest absolute Gasteiger partial charge is 0.140 e. The van der Waals surface area contributed by atoms with E-state index in [-0.39, 0.29) is 0 Å². The van der Waals surface area contributed by atoms with Crippen molar-refractivity contribution in [2.24, 2.45) is 0 Å². The van der Waals surface area contributed by atoms with E-state index < -0.39 is 0 Å². The first-order valence-corrected chi connectivity index (χ1v) is 8.10. The van der Waals surface area contributed by atoms with Gasteiger partial charge in [0.05, 0.1) is 0 Å². The number of fused-ring (bicyclic) bond motifs is 1. The van der Waals surface area contributed by atoms with Crippen molar-refractivity contribution in [3.63, 3.8) is 0 Å². The first kappa shape index (κ1) is 13.5. The average Bonchev–Trinajstić information content (AvgIpc) is 3.18. The minimum absolute atomic E-state index is 0.585. The number of hydrogen-bond donors (Lipinski definition) is 1. The van der Waals surface area contributed by atoms with Gasteiger partial charge in [0, 0.05) is 30.4 Å². The summed E-state index contributed by atoms with van der Waals surface area (Å²) in [5, 5.41) is 4.86. The Hall–Kier alpha value is -2.13. The second kappa shape index (κ2) is 5.93. The molecule has 0 aliphatic carbocycles. The van der Waals surface area contributed by atoms with Gasteiger partial charge in [0.25, 0.3) is 0 Å². The lowest BCUT2D eigenvalue weighted by Crippen LogP contribution is -2.26. The van der Waals surface area contributed by atoms with Crippen LogP contribution in [0.15, 0.2) is 54.9 Å². The summed E-state index contributed by atoms with van der Waals surface area (Å²) in [5.74, 6) is 0. The van der Waals surface area contributed by atoms with Crippen molar-refractivity contribution >= 4 is 11.0 Å². The second-order valence-corrected chi connectivity index (χ2v) is 6.14. The SMILES string of the molecule is c1ccc(Cc2cn(CC3CCCN3)c3ncccc23)cc1. The van der Waals surface area contributed by atoms with Crippen molar-refractivity contribution in [1.29, 1.82) is 0 Å². The van der Waals surface area contributed by atoms with Gasteiger partial charge in [-0.1, -0.05) is 30.3 Å². The van der Waals surface area contributed by atoms with Crippen molar-refractivity contribution in [3.05, 3.63) is 66.0 Å². The monoisotopic (exact) mass is 291 g/mol. The summed E-state index contributed by atoms with van der Waals surface area (Å²) < 4.78 is 2.33. The molecule has 1 fully saturated rings. The Balaban J connectivity index is 1.69. The van der Waals surface area contributed by atoms with E-state index >= 15 is 0 Å². The van der Waals surface area contributed by atoms with E-state index in [2.05, 4.69) is 57.5 Å². The average molecular weight is 291 g/mol. The van der Waals surface area contributed by atoms with Crippen LogP contribution in [0.5, 0.6) is 0 Å². The van der Waals surface area contributed by atoms with Crippen molar-refractivity contribution in [2.75, 3.05) is 6.54 Å². The summed E-state index contributed by atoms with van der Waals surface area (Å²) in [6.07, 6.45) is 7.71. The van der Waals surface area contributed by atoms with Crippen LogP contribution in [-0.4, -0.2) is 22.1 Å². The third-order valence-corrected chi connectivity index (χ3v) is 4.53. The largest absolute Gasteiger partial charge is 0.331 e. The summed E-state index contributed by atoms with van der Waals surface area (Å²) in [5.41, 5.74) is 3.83. The van der Waals surface area contributed by atoms with Crippen molar-refractivity contribution < 1.29 is 0 Å². The number of pyridine rings is 1. The minimum Gasteiger partial charge on any atom is -0.331 e. The fourth-order valence-corrected chi connectivity index (χ4v) is 3.44. The van der Waals surface area contributed by atoms with Gasteiger partial charge in [0.2, 0.25) is 0 Å². The molecule has 1 aliphatic heterocycles. The Morgan fingerprint density at radius 3 is 2.86 bits per heavy atom. The third-order valence-electron chi connectivity index (χ3n) is 4.53. The van der Waals surface area contributed by atoms with E-state index in [9.17, 15) is 0 Å². The normalized spacial score (nSPS) is 18.1. The highest BCUT2D eigenvalue weighted by Gasteiger charge is 2.17. The van der Waals surface area contributed by atoms with Crippen LogP contribution in [0.4, 0.5) is 0 Å². The van der Waals surface area contributed by atoms with Crippen LogP contribution < -0.4 is 5.32 Å². The predicted octanol–water partition coefficient (Wildman–Crippen LogP) is 3.38. The Labute approximate surface area is 131 Å². The van der Waals surface area contributed by atoms with Crippen LogP contribution in [0.2, 0.25) is 0 Å². The standard InChI is InChI=1S/C19H21N3/c1-2-6-15(7-3-1)12-16-13-22(14-17-8-4-10-20-17)19-18(16)9-5-11-21-19/h1-3,5-7,9,11,13,17,20H,4,8,10,12,14H2. The van der Waals surface area contributed by atoms with Crippen LogP contribution in [0.1, 0.15) is 24.0 Å². The highest BCUT2D eigenvalue weighted by atomic mass is 15.1. The molecule has 0 amide bonds. The highest BCUT2D eigenvalue weighted by molar-refractivity contribution is 5.80. The van der Waals surface area contributed by atoms with Gasteiger partial charge in [0.1, 0.15) is 5.65 Å². The van der Waals surface area contributed by atoms with Gasteiger partial charge in [-0.25, -0.2) is 4.98 Å². The summed E-state index contributed by atoms with van der Waals surface area (Å²) in [6, 6.07) is 15.5. The Bertz CT molecular complexity index is 755. The number of rotatable bonds is 4. The van der Waals surface area contributed by atoms with Crippen molar-refractivity contribution in [1.82, 2.24) is 14.9 Å². The summed E-state index contributed by atoms with van der Waals surface area (Å²) in [4.78, 5) is 4.62. The fourth-order valence-electron chi connectivity index (χ4n) is 3.44. The molecule has 0 radical (unpaired) electrons. The molecule has 22 heavy (non-hydrogen) atoms. The van der Waals surface area contributed by atoms with E-state index in [1.165, 1.54) is 29.4 Å². The highest BCUT2D eigenvalue weighted by Crippen LogP contribution is 2.23. The minimum atomic E-state index is 0.585. The molecule has 1 saturated heterocycles. The lowest BCUT2D eigenvalue weighted by atomic mass is 10.1. The van der Waals surface area contributed by atoms with E-state index in [4.69, 9.17) is 0 Å². The van der Waals surface area contributed by atoms with Crippen LogP contribution in [0.3, 0.4) is 0 Å². The molecule has 0 saturated carbocycles. The quantitative estimate of drug-likeness (QED) is 0.798. The van der Waals surface area contributed by atoms with Crippen molar-refractivity contribution in [3.8, 4) is 0 Å². The molecule has 4 rings (SSSR count). The molecule has 1 atom stereocenters. The zero-order valence-electron chi connectivity index (χ0n) is 12.7. The zero-order valence-corrected chi connectivity index (χ0v) is 12.7. The maximum absolute atomic E-state index is 4.62. The maximum Gasteiger partial charge on any atom is 0.140 e. The van der Waals surface area contributed by atoms with Gasteiger partial charge in [-0.15, -0.1) is 0 Å². The molecule has 112 valence electrons. The van der Waals surface area contributed by atoms with E-state index in [1.807, 2.05) is 12.3 Å². The summed E-state index contributed by atoms with van der Waals surface area (Å²) in [7, 11) is 0. The van der Waals surface area contributed by atoms with Gasteiger partial charge >= 0.3 is 0 Å². The molecule has 1 N–H and O–H groups in total. The molecular formula is C19H21N3. The molecule has 3 heteroatoms.